The van der Waals surface area contributed by atoms with E-state index in [1.54, 1.807) is 6.07 Å². The molecule has 1 heterocycles. The summed E-state index contributed by atoms with van der Waals surface area (Å²) in [6.45, 7) is 3.82. The van der Waals surface area contributed by atoms with Crippen molar-refractivity contribution in [2.75, 3.05) is 6.54 Å². The van der Waals surface area contributed by atoms with Gasteiger partial charge in [-0.25, -0.2) is 9.37 Å². The van der Waals surface area contributed by atoms with Gasteiger partial charge in [0, 0.05) is 16.4 Å². The first-order valence-electron chi connectivity index (χ1n) is 5.82. The molecular formula is C13H14BrFN2S. The van der Waals surface area contributed by atoms with Gasteiger partial charge < -0.3 is 5.32 Å². The standard InChI is InChI=1S/C13H14BrFN2S/c1-2-6-16-7-9-8-18-13(17-9)12-10(14)4-3-5-11(12)15/h3-5,8,16H,2,6-7H2,1H3. The molecule has 0 atom stereocenters. The van der Waals surface area contributed by atoms with E-state index in [4.69, 9.17) is 0 Å². The molecule has 0 saturated carbocycles. The highest BCUT2D eigenvalue weighted by Gasteiger charge is 2.12. The molecule has 1 aromatic carbocycles. The fraction of sp³-hybridized carbons (Fsp3) is 0.308. The van der Waals surface area contributed by atoms with Crippen LogP contribution in [0.1, 0.15) is 19.0 Å². The van der Waals surface area contributed by atoms with Gasteiger partial charge in [0.15, 0.2) is 0 Å². The Kier molecular flexibility index (Phi) is 4.86. The van der Waals surface area contributed by atoms with Crippen LogP contribution in [0.5, 0.6) is 0 Å². The van der Waals surface area contributed by atoms with Crippen LogP contribution in [-0.2, 0) is 6.54 Å². The number of rotatable bonds is 5. The molecule has 1 aromatic heterocycles. The molecule has 0 aliphatic heterocycles. The Morgan fingerprint density at radius 3 is 3.00 bits per heavy atom. The Balaban J connectivity index is 2.19. The summed E-state index contributed by atoms with van der Waals surface area (Å²) < 4.78 is 14.5. The van der Waals surface area contributed by atoms with Crippen LogP contribution in [0.15, 0.2) is 28.1 Å². The summed E-state index contributed by atoms with van der Waals surface area (Å²) in [6, 6.07) is 4.96. The lowest BCUT2D eigenvalue weighted by molar-refractivity contribution is 0.630. The van der Waals surface area contributed by atoms with E-state index in [9.17, 15) is 4.39 Å². The minimum Gasteiger partial charge on any atom is -0.311 e. The normalized spacial score (nSPS) is 10.8. The summed E-state index contributed by atoms with van der Waals surface area (Å²) in [5.74, 6) is -0.244. The van der Waals surface area contributed by atoms with Gasteiger partial charge in [0.2, 0.25) is 0 Å². The van der Waals surface area contributed by atoms with Crippen LogP contribution < -0.4 is 5.32 Å². The van der Waals surface area contributed by atoms with Crippen LogP contribution >= 0.6 is 27.3 Å². The van der Waals surface area contributed by atoms with Crippen molar-refractivity contribution in [3.63, 3.8) is 0 Å². The second kappa shape index (κ2) is 6.41. The lowest BCUT2D eigenvalue weighted by atomic mass is 10.2. The second-order valence-electron chi connectivity index (χ2n) is 3.92. The third-order valence-electron chi connectivity index (χ3n) is 2.46. The quantitative estimate of drug-likeness (QED) is 0.831. The zero-order valence-electron chi connectivity index (χ0n) is 10.0. The van der Waals surface area contributed by atoms with Crippen LogP contribution in [0.3, 0.4) is 0 Å². The Morgan fingerprint density at radius 1 is 1.44 bits per heavy atom. The lowest BCUT2D eigenvalue weighted by Crippen LogP contribution is -2.13. The predicted octanol–water partition coefficient (Wildman–Crippen LogP) is 4.21. The molecule has 0 saturated heterocycles. The number of hydrogen-bond acceptors (Lipinski definition) is 3. The summed E-state index contributed by atoms with van der Waals surface area (Å²) in [5, 5.41) is 5.97. The fourth-order valence-corrected chi connectivity index (χ4v) is 3.14. The largest absolute Gasteiger partial charge is 0.311 e. The van der Waals surface area contributed by atoms with Crippen molar-refractivity contribution in [2.24, 2.45) is 0 Å². The van der Waals surface area contributed by atoms with Crippen molar-refractivity contribution in [1.82, 2.24) is 10.3 Å². The maximum Gasteiger partial charge on any atom is 0.134 e. The first-order chi connectivity index (χ1) is 8.72. The van der Waals surface area contributed by atoms with E-state index in [-0.39, 0.29) is 5.82 Å². The van der Waals surface area contributed by atoms with Gasteiger partial charge in [-0.15, -0.1) is 11.3 Å². The second-order valence-corrected chi connectivity index (χ2v) is 5.63. The maximum absolute atomic E-state index is 13.8. The highest BCUT2D eigenvalue weighted by molar-refractivity contribution is 9.10. The molecule has 0 amide bonds. The van der Waals surface area contributed by atoms with Crippen molar-refractivity contribution in [3.05, 3.63) is 39.6 Å². The molecule has 2 aromatic rings. The molecule has 18 heavy (non-hydrogen) atoms. The molecule has 0 unspecified atom stereocenters. The minimum absolute atomic E-state index is 0.244. The number of benzene rings is 1. The van der Waals surface area contributed by atoms with E-state index in [0.717, 1.165) is 29.7 Å². The third-order valence-corrected chi connectivity index (χ3v) is 4.03. The van der Waals surface area contributed by atoms with E-state index in [0.29, 0.717) is 10.6 Å². The van der Waals surface area contributed by atoms with Crippen molar-refractivity contribution >= 4 is 27.3 Å². The zero-order chi connectivity index (χ0) is 13.0. The molecule has 1 N–H and O–H groups in total. The summed E-state index contributed by atoms with van der Waals surface area (Å²) >= 11 is 4.84. The molecule has 0 fully saturated rings. The molecule has 0 radical (unpaired) electrons. The van der Waals surface area contributed by atoms with Gasteiger partial charge >= 0.3 is 0 Å². The smallest absolute Gasteiger partial charge is 0.134 e. The number of nitrogens with zero attached hydrogens (tertiary/aromatic N) is 1. The Morgan fingerprint density at radius 2 is 2.28 bits per heavy atom. The summed E-state index contributed by atoms with van der Waals surface area (Å²) in [5.41, 5.74) is 1.50. The monoisotopic (exact) mass is 328 g/mol. The Bertz CT molecular complexity index is 507. The predicted molar refractivity (Wildman–Crippen MR) is 77.2 cm³/mol. The van der Waals surface area contributed by atoms with E-state index in [1.165, 1.54) is 17.4 Å². The van der Waals surface area contributed by atoms with Crippen LogP contribution in [0, 0.1) is 5.82 Å². The molecule has 0 aliphatic rings. The first kappa shape index (κ1) is 13.6. The number of aromatic nitrogens is 1. The average molecular weight is 329 g/mol. The van der Waals surface area contributed by atoms with Crippen molar-refractivity contribution in [2.45, 2.75) is 19.9 Å². The van der Waals surface area contributed by atoms with Crippen LogP contribution in [0.25, 0.3) is 10.6 Å². The van der Waals surface area contributed by atoms with Gasteiger partial charge in [-0.05, 0) is 41.0 Å². The van der Waals surface area contributed by atoms with Gasteiger partial charge in [0.1, 0.15) is 10.8 Å². The van der Waals surface area contributed by atoms with Crippen LogP contribution in [0.4, 0.5) is 4.39 Å². The summed E-state index contributed by atoms with van der Waals surface area (Å²) in [4.78, 5) is 4.46. The highest BCUT2D eigenvalue weighted by atomic mass is 79.9. The summed E-state index contributed by atoms with van der Waals surface area (Å²) in [7, 11) is 0. The maximum atomic E-state index is 13.8. The SMILES string of the molecule is CCCNCc1csc(-c2c(F)cccc2Br)n1. The molecule has 0 spiro atoms. The molecular weight excluding hydrogens is 315 g/mol. The number of halogens is 2. The number of thiazole rings is 1. The number of nitrogens with one attached hydrogen (secondary N) is 1. The highest BCUT2D eigenvalue weighted by Crippen LogP contribution is 2.32. The van der Waals surface area contributed by atoms with Gasteiger partial charge in [-0.2, -0.15) is 0 Å². The molecule has 96 valence electrons. The fourth-order valence-electron chi connectivity index (χ4n) is 1.60. The molecule has 0 bridgehead atoms. The molecule has 0 aliphatic carbocycles. The molecule has 5 heteroatoms. The first-order valence-corrected chi connectivity index (χ1v) is 7.49. The summed E-state index contributed by atoms with van der Waals surface area (Å²) in [6.07, 6.45) is 1.09. The third kappa shape index (κ3) is 3.16. The molecule has 2 nitrogen and oxygen atoms in total. The van der Waals surface area contributed by atoms with E-state index in [1.807, 2.05) is 11.4 Å². The van der Waals surface area contributed by atoms with E-state index >= 15 is 0 Å². The van der Waals surface area contributed by atoms with Crippen molar-refractivity contribution in [1.29, 1.82) is 0 Å². The average Bonchev–Trinajstić information content (AvgIpc) is 2.78. The van der Waals surface area contributed by atoms with Crippen LogP contribution in [-0.4, -0.2) is 11.5 Å². The van der Waals surface area contributed by atoms with E-state index < -0.39 is 0 Å². The van der Waals surface area contributed by atoms with Gasteiger partial charge in [0.05, 0.1) is 11.3 Å². The van der Waals surface area contributed by atoms with Crippen molar-refractivity contribution < 1.29 is 4.39 Å². The Hall–Kier alpha value is -0.780. The zero-order valence-corrected chi connectivity index (χ0v) is 12.4. The lowest BCUT2D eigenvalue weighted by Gasteiger charge is -2.02. The van der Waals surface area contributed by atoms with Gasteiger partial charge in [-0.1, -0.05) is 13.0 Å². The van der Waals surface area contributed by atoms with Gasteiger partial charge in [0.25, 0.3) is 0 Å². The van der Waals surface area contributed by atoms with Crippen molar-refractivity contribution in [3.8, 4) is 10.6 Å². The minimum atomic E-state index is -0.244. The number of hydrogen-bond donors (Lipinski definition) is 1. The van der Waals surface area contributed by atoms with Gasteiger partial charge in [-0.3, -0.25) is 0 Å². The topological polar surface area (TPSA) is 24.9 Å². The van der Waals surface area contributed by atoms with Crippen LogP contribution in [0.2, 0.25) is 0 Å². The van der Waals surface area contributed by atoms with E-state index in [2.05, 4.69) is 33.2 Å². The Labute approximate surface area is 118 Å². The molecule has 2 rings (SSSR count).